The summed E-state index contributed by atoms with van der Waals surface area (Å²) in [5.41, 5.74) is 8.57. The van der Waals surface area contributed by atoms with Crippen LogP contribution in [0.25, 0.3) is 10.2 Å². The second-order valence-corrected chi connectivity index (χ2v) is 6.78. The van der Waals surface area contributed by atoms with Gasteiger partial charge in [0.15, 0.2) is 4.34 Å². The molecule has 0 aliphatic heterocycles. The Balaban J connectivity index is 2.01. The minimum absolute atomic E-state index is 0.0913. The van der Waals surface area contributed by atoms with Crippen molar-refractivity contribution in [2.75, 3.05) is 0 Å². The SMILES string of the molecule is Cc1ccc(C(=N)N)c(Sc2nc3ccccc3s2)c1. The molecule has 2 aromatic carbocycles. The summed E-state index contributed by atoms with van der Waals surface area (Å²) >= 11 is 3.23. The van der Waals surface area contributed by atoms with Crippen LogP contribution in [0.1, 0.15) is 11.1 Å². The Hall–Kier alpha value is -1.85. The molecule has 1 aromatic heterocycles. The fraction of sp³-hybridized carbons (Fsp3) is 0.0667. The molecule has 0 radical (unpaired) electrons. The Bertz CT molecular complexity index is 760. The van der Waals surface area contributed by atoms with E-state index < -0.39 is 0 Å². The van der Waals surface area contributed by atoms with Crippen LogP contribution in [-0.4, -0.2) is 10.8 Å². The van der Waals surface area contributed by atoms with Gasteiger partial charge in [0.1, 0.15) is 5.84 Å². The zero-order chi connectivity index (χ0) is 14.1. The maximum Gasteiger partial charge on any atom is 0.155 e. The van der Waals surface area contributed by atoms with Gasteiger partial charge in [-0.1, -0.05) is 30.0 Å². The number of aromatic nitrogens is 1. The third-order valence-electron chi connectivity index (χ3n) is 2.90. The van der Waals surface area contributed by atoms with Gasteiger partial charge in [-0.25, -0.2) is 4.98 Å². The Morgan fingerprint density at radius 1 is 1.25 bits per heavy atom. The molecule has 0 atom stereocenters. The van der Waals surface area contributed by atoms with E-state index in [9.17, 15) is 0 Å². The topological polar surface area (TPSA) is 62.8 Å². The molecule has 0 spiro atoms. The predicted molar refractivity (Wildman–Crippen MR) is 85.9 cm³/mol. The van der Waals surface area contributed by atoms with Gasteiger partial charge in [0.25, 0.3) is 0 Å². The molecule has 0 aliphatic carbocycles. The van der Waals surface area contributed by atoms with Crippen LogP contribution in [-0.2, 0) is 0 Å². The van der Waals surface area contributed by atoms with Gasteiger partial charge in [-0.2, -0.15) is 0 Å². The molecule has 1 heterocycles. The number of fused-ring (bicyclic) bond motifs is 1. The van der Waals surface area contributed by atoms with Crippen molar-refractivity contribution >= 4 is 39.2 Å². The molecule has 20 heavy (non-hydrogen) atoms. The third-order valence-corrected chi connectivity index (χ3v) is 5.05. The lowest BCUT2D eigenvalue weighted by molar-refractivity contribution is 1.26. The van der Waals surface area contributed by atoms with E-state index in [-0.39, 0.29) is 5.84 Å². The van der Waals surface area contributed by atoms with E-state index in [0.717, 1.165) is 25.9 Å². The van der Waals surface area contributed by atoms with Crippen LogP contribution in [0, 0.1) is 12.3 Å². The van der Waals surface area contributed by atoms with E-state index in [0.29, 0.717) is 0 Å². The quantitative estimate of drug-likeness (QED) is 0.566. The van der Waals surface area contributed by atoms with Crippen molar-refractivity contribution in [1.29, 1.82) is 5.41 Å². The van der Waals surface area contributed by atoms with Gasteiger partial charge in [0.05, 0.1) is 10.2 Å². The Kier molecular flexibility index (Phi) is 3.46. The zero-order valence-electron chi connectivity index (χ0n) is 10.9. The van der Waals surface area contributed by atoms with Crippen LogP contribution in [0.3, 0.4) is 0 Å². The maximum atomic E-state index is 7.67. The van der Waals surface area contributed by atoms with E-state index in [4.69, 9.17) is 11.1 Å². The van der Waals surface area contributed by atoms with Gasteiger partial charge in [0.2, 0.25) is 0 Å². The molecular formula is C15H13N3S2. The molecule has 3 rings (SSSR count). The minimum atomic E-state index is 0.0913. The predicted octanol–water partition coefficient (Wildman–Crippen LogP) is 4.04. The molecule has 5 heteroatoms. The number of rotatable bonds is 3. The molecule has 0 fully saturated rings. The maximum absolute atomic E-state index is 7.67. The number of nitrogen functional groups attached to an aromatic ring is 1. The highest BCUT2D eigenvalue weighted by Gasteiger charge is 2.10. The van der Waals surface area contributed by atoms with Gasteiger partial charge in [-0.05, 0) is 36.8 Å². The van der Waals surface area contributed by atoms with Crippen molar-refractivity contribution in [2.24, 2.45) is 5.73 Å². The first-order valence-corrected chi connectivity index (χ1v) is 7.75. The Morgan fingerprint density at radius 3 is 2.80 bits per heavy atom. The Labute approximate surface area is 125 Å². The second kappa shape index (κ2) is 5.26. The van der Waals surface area contributed by atoms with Crippen molar-refractivity contribution in [2.45, 2.75) is 16.2 Å². The highest BCUT2D eigenvalue weighted by Crippen LogP contribution is 2.36. The number of nitrogens with two attached hydrogens (primary N) is 1. The number of thiazole rings is 1. The molecule has 0 unspecified atom stereocenters. The van der Waals surface area contributed by atoms with Crippen LogP contribution in [0.4, 0.5) is 0 Å². The van der Waals surface area contributed by atoms with E-state index >= 15 is 0 Å². The lowest BCUT2D eigenvalue weighted by Gasteiger charge is -2.07. The van der Waals surface area contributed by atoms with Crippen LogP contribution in [0.2, 0.25) is 0 Å². The van der Waals surface area contributed by atoms with Crippen molar-refractivity contribution in [3.05, 3.63) is 53.6 Å². The third kappa shape index (κ3) is 2.55. The van der Waals surface area contributed by atoms with Crippen LogP contribution in [0.15, 0.2) is 51.7 Å². The van der Waals surface area contributed by atoms with E-state index in [1.807, 2.05) is 43.3 Å². The molecule has 0 aliphatic rings. The minimum Gasteiger partial charge on any atom is -0.384 e. The molecule has 3 nitrogen and oxygen atoms in total. The first-order chi connectivity index (χ1) is 9.63. The van der Waals surface area contributed by atoms with Gasteiger partial charge in [-0.15, -0.1) is 11.3 Å². The normalized spacial score (nSPS) is 10.8. The fourth-order valence-corrected chi connectivity index (χ4v) is 4.19. The summed E-state index contributed by atoms with van der Waals surface area (Å²) in [6.45, 7) is 2.03. The molecule has 3 N–H and O–H groups in total. The fourth-order valence-electron chi connectivity index (χ4n) is 1.93. The van der Waals surface area contributed by atoms with Crippen molar-refractivity contribution in [3.8, 4) is 0 Å². The average Bonchev–Trinajstić information content (AvgIpc) is 2.80. The summed E-state index contributed by atoms with van der Waals surface area (Å²) in [5, 5.41) is 7.67. The molecular weight excluding hydrogens is 286 g/mol. The van der Waals surface area contributed by atoms with E-state index in [1.165, 1.54) is 4.70 Å². The molecule has 100 valence electrons. The largest absolute Gasteiger partial charge is 0.384 e. The van der Waals surface area contributed by atoms with Crippen molar-refractivity contribution in [3.63, 3.8) is 0 Å². The van der Waals surface area contributed by atoms with Crippen LogP contribution in [0.5, 0.6) is 0 Å². The van der Waals surface area contributed by atoms with E-state index in [2.05, 4.69) is 11.1 Å². The van der Waals surface area contributed by atoms with Crippen molar-refractivity contribution < 1.29 is 0 Å². The smallest absolute Gasteiger partial charge is 0.155 e. The number of benzene rings is 2. The number of aryl methyl sites for hydroxylation is 1. The molecule has 0 saturated carbocycles. The van der Waals surface area contributed by atoms with Gasteiger partial charge in [-0.3, -0.25) is 5.41 Å². The van der Waals surface area contributed by atoms with Crippen LogP contribution >= 0.6 is 23.1 Å². The van der Waals surface area contributed by atoms with Gasteiger partial charge >= 0.3 is 0 Å². The molecule has 3 aromatic rings. The molecule has 0 saturated heterocycles. The standard InChI is InChI=1S/C15H13N3S2/c1-9-6-7-10(14(16)17)13(8-9)20-15-18-11-4-2-3-5-12(11)19-15/h2-8H,1H3,(H3,16,17). The lowest BCUT2D eigenvalue weighted by atomic mass is 10.1. The monoisotopic (exact) mass is 299 g/mol. The zero-order valence-corrected chi connectivity index (χ0v) is 12.5. The number of nitrogens with zero attached hydrogens (tertiary/aromatic N) is 1. The summed E-state index contributed by atoms with van der Waals surface area (Å²) in [6, 6.07) is 14.0. The van der Waals surface area contributed by atoms with Gasteiger partial charge in [0, 0.05) is 10.5 Å². The molecule has 0 amide bonds. The highest BCUT2D eigenvalue weighted by atomic mass is 32.2. The number of amidine groups is 1. The highest BCUT2D eigenvalue weighted by molar-refractivity contribution is 8.01. The lowest BCUT2D eigenvalue weighted by Crippen LogP contribution is -2.12. The van der Waals surface area contributed by atoms with E-state index in [1.54, 1.807) is 23.1 Å². The summed E-state index contributed by atoms with van der Waals surface area (Å²) in [6.07, 6.45) is 0. The average molecular weight is 299 g/mol. The Morgan fingerprint density at radius 2 is 2.05 bits per heavy atom. The summed E-state index contributed by atoms with van der Waals surface area (Å²) < 4.78 is 2.14. The molecule has 0 bridgehead atoms. The number of nitrogens with one attached hydrogen (secondary N) is 1. The first-order valence-electron chi connectivity index (χ1n) is 6.12. The number of hydrogen-bond acceptors (Lipinski definition) is 4. The summed E-state index contributed by atoms with van der Waals surface area (Å²) in [5.74, 6) is 0.0913. The second-order valence-electron chi connectivity index (χ2n) is 4.46. The summed E-state index contributed by atoms with van der Waals surface area (Å²) in [7, 11) is 0. The number of hydrogen-bond donors (Lipinski definition) is 2. The van der Waals surface area contributed by atoms with Crippen molar-refractivity contribution in [1.82, 2.24) is 4.98 Å². The van der Waals surface area contributed by atoms with Gasteiger partial charge < -0.3 is 5.73 Å². The number of para-hydroxylation sites is 1. The first kappa shape index (κ1) is 13.1. The summed E-state index contributed by atoms with van der Waals surface area (Å²) in [4.78, 5) is 5.59. The van der Waals surface area contributed by atoms with Crippen LogP contribution < -0.4 is 5.73 Å².